The molecule has 2 heterocycles. The van der Waals surface area contributed by atoms with Gasteiger partial charge in [-0.15, -0.1) is 0 Å². The topological polar surface area (TPSA) is 28.2 Å². The number of rotatable bonds is 4. The van der Waals surface area contributed by atoms with Gasteiger partial charge in [0, 0.05) is 19.1 Å². The third-order valence-corrected chi connectivity index (χ3v) is 4.42. The van der Waals surface area contributed by atoms with Gasteiger partial charge >= 0.3 is 0 Å². The number of anilines is 2. The molecule has 1 aromatic heterocycles. The first-order chi connectivity index (χ1) is 9.35. The average Bonchev–Trinajstić information content (AvgIpc) is 2.43. The van der Waals surface area contributed by atoms with Crippen LogP contribution in [-0.2, 0) is 6.42 Å². The molecule has 0 radical (unpaired) electrons. The first kappa shape index (κ1) is 12.8. The second-order valence-electron chi connectivity index (χ2n) is 5.89. The molecule has 0 unspecified atom stereocenters. The molecule has 0 bridgehead atoms. The molecule has 2 aliphatic rings. The first-order valence-corrected chi connectivity index (χ1v) is 7.87. The van der Waals surface area contributed by atoms with E-state index in [1.165, 1.54) is 63.0 Å². The fourth-order valence-electron chi connectivity index (χ4n) is 2.90. The summed E-state index contributed by atoms with van der Waals surface area (Å²) in [4.78, 5) is 7.29. The van der Waals surface area contributed by atoms with Crippen molar-refractivity contribution in [3.63, 3.8) is 0 Å². The van der Waals surface area contributed by atoms with E-state index in [1.54, 1.807) is 0 Å². The van der Waals surface area contributed by atoms with E-state index in [9.17, 15) is 0 Å². The maximum atomic E-state index is 4.84. The highest BCUT2D eigenvalue weighted by Gasteiger charge is 2.19. The number of hydrogen-bond acceptors (Lipinski definition) is 3. The minimum absolute atomic E-state index is 0.661. The van der Waals surface area contributed by atoms with Crippen molar-refractivity contribution in [2.24, 2.45) is 0 Å². The van der Waals surface area contributed by atoms with Crippen molar-refractivity contribution < 1.29 is 0 Å². The largest absolute Gasteiger partial charge is 0.367 e. The van der Waals surface area contributed by atoms with Gasteiger partial charge in [-0.1, -0.05) is 6.92 Å². The van der Waals surface area contributed by atoms with Crippen LogP contribution in [0.1, 0.15) is 51.0 Å². The van der Waals surface area contributed by atoms with Crippen molar-refractivity contribution in [2.45, 2.75) is 57.9 Å². The molecular formula is C16H25N3. The van der Waals surface area contributed by atoms with Crippen LogP contribution in [0.5, 0.6) is 0 Å². The average molecular weight is 259 g/mol. The Balaban J connectivity index is 1.78. The predicted molar refractivity (Wildman–Crippen MR) is 80.9 cm³/mol. The summed E-state index contributed by atoms with van der Waals surface area (Å²) in [5.74, 6) is 2.27. The molecule has 0 aromatic carbocycles. The molecule has 1 saturated carbocycles. The molecule has 3 rings (SSSR count). The van der Waals surface area contributed by atoms with E-state index in [2.05, 4.69) is 29.3 Å². The van der Waals surface area contributed by atoms with Crippen LogP contribution in [0.2, 0.25) is 0 Å². The van der Waals surface area contributed by atoms with Gasteiger partial charge in [0.25, 0.3) is 0 Å². The Morgan fingerprint density at radius 2 is 1.95 bits per heavy atom. The van der Waals surface area contributed by atoms with Gasteiger partial charge in [0.15, 0.2) is 0 Å². The number of pyridine rings is 1. The Morgan fingerprint density at radius 3 is 2.58 bits per heavy atom. The number of piperidine rings is 1. The fraction of sp³-hybridized carbons (Fsp3) is 0.688. The van der Waals surface area contributed by atoms with E-state index >= 15 is 0 Å². The lowest BCUT2D eigenvalue weighted by atomic mass is 9.93. The molecule has 0 atom stereocenters. The maximum absolute atomic E-state index is 4.84. The predicted octanol–water partition coefficient (Wildman–Crippen LogP) is 3.60. The Hall–Kier alpha value is -1.25. The van der Waals surface area contributed by atoms with Gasteiger partial charge in [0.1, 0.15) is 11.6 Å². The number of hydrogen-bond donors (Lipinski definition) is 1. The molecule has 19 heavy (non-hydrogen) atoms. The smallest absolute Gasteiger partial charge is 0.131 e. The summed E-state index contributed by atoms with van der Waals surface area (Å²) < 4.78 is 0. The van der Waals surface area contributed by atoms with Crippen LogP contribution in [0.3, 0.4) is 0 Å². The highest BCUT2D eigenvalue weighted by atomic mass is 15.2. The van der Waals surface area contributed by atoms with Crippen molar-refractivity contribution in [3.05, 3.63) is 17.7 Å². The van der Waals surface area contributed by atoms with Crippen LogP contribution in [0.25, 0.3) is 0 Å². The Kier molecular flexibility index (Phi) is 3.90. The van der Waals surface area contributed by atoms with Crippen molar-refractivity contribution in [3.8, 4) is 0 Å². The third kappa shape index (κ3) is 3.02. The molecule has 2 fully saturated rings. The van der Waals surface area contributed by atoms with Crippen molar-refractivity contribution >= 4 is 11.6 Å². The van der Waals surface area contributed by atoms with Crippen LogP contribution < -0.4 is 10.2 Å². The van der Waals surface area contributed by atoms with Gasteiger partial charge < -0.3 is 10.2 Å². The Morgan fingerprint density at radius 1 is 1.16 bits per heavy atom. The van der Waals surface area contributed by atoms with Crippen molar-refractivity contribution in [1.29, 1.82) is 0 Å². The van der Waals surface area contributed by atoms with Crippen LogP contribution >= 0.6 is 0 Å². The summed E-state index contributed by atoms with van der Waals surface area (Å²) in [7, 11) is 0. The van der Waals surface area contributed by atoms with Crippen LogP contribution in [0.15, 0.2) is 12.1 Å². The zero-order valence-electron chi connectivity index (χ0n) is 12.0. The molecule has 1 aliphatic carbocycles. The second kappa shape index (κ2) is 5.81. The van der Waals surface area contributed by atoms with Crippen LogP contribution in [0, 0.1) is 0 Å². The number of aromatic nitrogens is 1. The monoisotopic (exact) mass is 259 g/mol. The first-order valence-electron chi connectivity index (χ1n) is 7.87. The summed E-state index contributed by atoms with van der Waals surface area (Å²) in [6.07, 6.45) is 9.05. The van der Waals surface area contributed by atoms with Crippen LogP contribution in [-0.4, -0.2) is 24.1 Å². The Labute approximate surface area is 116 Å². The van der Waals surface area contributed by atoms with Gasteiger partial charge in [-0.3, -0.25) is 0 Å². The van der Waals surface area contributed by atoms with E-state index in [4.69, 9.17) is 4.98 Å². The van der Waals surface area contributed by atoms with Gasteiger partial charge in [0.2, 0.25) is 0 Å². The summed E-state index contributed by atoms with van der Waals surface area (Å²) >= 11 is 0. The number of aryl methyl sites for hydroxylation is 1. The molecular weight excluding hydrogens is 234 g/mol. The summed E-state index contributed by atoms with van der Waals surface area (Å²) in [5.41, 5.74) is 1.40. The lowest BCUT2D eigenvalue weighted by Gasteiger charge is -2.30. The third-order valence-electron chi connectivity index (χ3n) is 4.42. The minimum Gasteiger partial charge on any atom is -0.367 e. The molecule has 3 nitrogen and oxygen atoms in total. The highest BCUT2D eigenvalue weighted by Crippen LogP contribution is 2.26. The Bertz CT molecular complexity index is 420. The van der Waals surface area contributed by atoms with Crippen LogP contribution in [0.4, 0.5) is 11.6 Å². The number of nitrogens with zero attached hydrogens (tertiary/aromatic N) is 2. The second-order valence-corrected chi connectivity index (χ2v) is 5.89. The minimum atomic E-state index is 0.661. The van der Waals surface area contributed by atoms with Gasteiger partial charge in [-0.25, -0.2) is 4.98 Å². The van der Waals surface area contributed by atoms with E-state index in [-0.39, 0.29) is 0 Å². The van der Waals surface area contributed by atoms with E-state index in [0.29, 0.717) is 6.04 Å². The molecule has 0 spiro atoms. The van der Waals surface area contributed by atoms with Crippen molar-refractivity contribution in [2.75, 3.05) is 23.3 Å². The molecule has 104 valence electrons. The SMILES string of the molecule is CCc1cc(NC2CCC2)nc(N2CCCCC2)c1. The quantitative estimate of drug-likeness (QED) is 0.895. The van der Waals surface area contributed by atoms with E-state index in [1.807, 2.05) is 0 Å². The maximum Gasteiger partial charge on any atom is 0.131 e. The lowest BCUT2D eigenvalue weighted by molar-refractivity contribution is 0.444. The molecule has 1 N–H and O–H groups in total. The van der Waals surface area contributed by atoms with Gasteiger partial charge in [-0.05, 0) is 62.6 Å². The lowest BCUT2D eigenvalue weighted by Crippen LogP contribution is -2.31. The van der Waals surface area contributed by atoms with E-state index in [0.717, 1.165) is 12.2 Å². The highest BCUT2D eigenvalue weighted by molar-refractivity contribution is 5.51. The van der Waals surface area contributed by atoms with Crippen molar-refractivity contribution in [1.82, 2.24) is 4.98 Å². The summed E-state index contributed by atoms with van der Waals surface area (Å²) in [6.45, 7) is 4.56. The van der Waals surface area contributed by atoms with E-state index < -0.39 is 0 Å². The molecule has 3 heteroatoms. The summed E-state index contributed by atoms with van der Waals surface area (Å²) in [5, 5.41) is 3.59. The zero-order valence-corrected chi connectivity index (χ0v) is 12.0. The normalized spacial score (nSPS) is 20.2. The molecule has 1 aromatic rings. The zero-order chi connectivity index (χ0) is 13.1. The number of nitrogens with one attached hydrogen (secondary N) is 1. The molecule has 1 aliphatic heterocycles. The van der Waals surface area contributed by atoms with Gasteiger partial charge in [0.05, 0.1) is 0 Å². The fourth-order valence-corrected chi connectivity index (χ4v) is 2.90. The van der Waals surface area contributed by atoms with Gasteiger partial charge in [-0.2, -0.15) is 0 Å². The molecule has 1 saturated heterocycles. The summed E-state index contributed by atoms with van der Waals surface area (Å²) in [6, 6.07) is 5.16. The standard InChI is InChI=1S/C16H25N3/c1-2-13-11-15(17-14-7-6-8-14)18-16(12-13)19-9-4-3-5-10-19/h11-12,14H,2-10H2,1H3,(H,17,18). The molecule has 0 amide bonds.